The fraction of sp³-hybridized carbons (Fsp3) is 0.500. The Hall–Kier alpha value is -2.83. The normalized spacial score (nSPS) is 24.8. The van der Waals surface area contributed by atoms with Crippen molar-refractivity contribution in [1.29, 1.82) is 0 Å². The number of sulfone groups is 1. The second kappa shape index (κ2) is 11.7. The number of carbonyl (C=O) groups excluding carboxylic acids is 2. The Balaban J connectivity index is 1.74. The number of ether oxygens (including phenoxy) is 6. The van der Waals surface area contributed by atoms with Gasteiger partial charge >= 0.3 is 11.9 Å². The minimum Gasteiger partial charge on any atom is -0.468 e. The summed E-state index contributed by atoms with van der Waals surface area (Å²) in [6, 6.07) is 15.7. The molecule has 39 heavy (non-hydrogen) atoms. The minimum absolute atomic E-state index is 0.0418. The summed E-state index contributed by atoms with van der Waals surface area (Å²) in [5.74, 6) is -6.37. The lowest BCUT2D eigenvalue weighted by Crippen LogP contribution is -2.49. The van der Waals surface area contributed by atoms with Crippen LogP contribution in [0.25, 0.3) is 0 Å². The van der Waals surface area contributed by atoms with E-state index in [1.165, 1.54) is 12.1 Å². The van der Waals surface area contributed by atoms with E-state index >= 15 is 0 Å². The zero-order chi connectivity index (χ0) is 28.4. The van der Waals surface area contributed by atoms with Crippen molar-refractivity contribution < 1.29 is 46.4 Å². The molecule has 4 rings (SSSR count). The molecule has 2 aliphatic rings. The van der Waals surface area contributed by atoms with Gasteiger partial charge in [0.05, 0.1) is 37.6 Å². The SMILES string of the molecule is COC(=O)C(C(=O)OC)[C@@H](CS(=O)(=O)c1ccc(C)cc1)[C@H]1O[C@@H]2OC(C)(C)O[C@@H]2[C@@H]1OCc1ccccc1. The molecule has 2 fully saturated rings. The van der Waals surface area contributed by atoms with Crippen molar-refractivity contribution in [2.75, 3.05) is 20.0 Å². The van der Waals surface area contributed by atoms with Gasteiger partial charge in [0.25, 0.3) is 0 Å². The van der Waals surface area contributed by atoms with E-state index in [-0.39, 0.29) is 11.5 Å². The molecule has 0 unspecified atom stereocenters. The lowest BCUT2D eigenvalue weighted by atomic mass is 9.86. The molecule has 2 heterocycles. The largest absolute Gasteiger partial charge is 0.468 e. The Morgan fingerprint density at radius 3 is 2.15 bits per heavy atom. The molecule has 0 radical (unpaired) electrons. The number of carbonyl (C=O) groups is 2. The zero-order valence-electron chi connectivity index (χ0n) is 22.6. The summed E-state index contributed by atoms with van der Waals surface area (Å²) in [5.41, 5.74) is 1.74. The average molecular weight is 563 g/mol. The van der Waals surface area contributed by atoms with Crippen LogP contribution in [0.4, 0.5) is 0 Å². The van der Waals surface area contributed by atoms with Crippen LogP contribution in [-0.4, -0.2) is 70.7 Å². The molecule has 5 atom stereocenters. The molecule has 2 aliphatic heterocycles. The Kier molecular flexibility index (Phi) is 8.77. The van der Waals surface area contributed by atoms with Gasteiger partial charge in [0.1, 0.15) is 12.2 Å². The minimum atomic E-state index is -4.01. The average Bonchev–Trinajstić information content (AvgIpc) is 3.38. The van der Waals surface area contributed by atoms with Crippen LogP contribution in [0.15, 0.2) is 59.5 Å². The number of aryl methyl sites for hydroxylation is 1. The van der Waals surface area contributed by atoms with Gasteiger partial charge in [-0.15, -0.1) is 0 Å². The molecule has 11 heteroatoms. The van der Waals surface area contributed by atoms with Crippen LogP contribution in [0.1, 0.15) is 25.0 Å². The van der Waals surface area contributed by atoms with E-state index in [1.807, 2.05) is 37.3 Å². The Bertz CT molecular complexity index is 1240. The van der Waals surface area contributed by atoms with Crippen LogP contribution in [0, 0.1) is 18.8 Å². The molecule has 0 aromatic heterocycles. The van der Waals surface area contributed by atoms with Gasteiger partial charge in [-0.05, 0) is 38.5 Å². The van der Waals surface area contributed by atoms with Gasteiger partial charge in [-0.2, -0.15) is 0 Å². The maximum atomic E-state index is 13.6. The van der Waals surface area contributed by atoms with E-state index in [0.717, 1.165) is 25.3 Å². The van der Waals surface area contributed by atoms with Crippen LogP contribution in [0.5, 0.6) is 0 Å². The van der Waals surface area contributed by atoms with Gasteiger partial charge in [0.15, 0.2) is 27.8 Å². The summed E-state index contributed by atoms with van der Waals surface area (Å²) in [7, 11) is -1.78. The Morgan fingerprint density at radius 2 is 1.56 bits per heavy atom. The topological polar surface area (TPSA) is 124 Å². The first-order valence-corrected chi connectivity index (χ1v) is 14.2. The Morgan fingerprint density at radius 1 is 0.949 bits per heavy atom. The molecule has 0 saturated carbocycles. The maximum Gasteiger partial charge on any atom is 0.320 e. The highest BCUT2D eigenvalue weighted by Crippen LogP contribution is 2.43. The van der Waals surface area contributed by atoms with E-state index in [9.17, 15) is 18.0 Å². The summed E-state index contributed by atoms with van der Waals surface area (Å²) in [4.78, 5) is 25.9. The predicted octanol–water partition coefficient (Wildman–Crippen LogP) is 2.81. The molecule has 2 aromatic carbocycles. The van der Waals surface area contributed by atoms with Gasteiger partial charge in [-0.3, -0.25) is 9.59 Å². The highest BCUT2D eigenvalue weighted by atomic mass is 32.2. The fourth-order valence-electron chi connectivity index (χ4n) is 4.98. The van der Waals surface area contributed by atoms with E-state index < -0.39 is 69.8 Å². The summed E-state index contributed by atoms with van der Waals surface area (Å²) in [6.45, 7) is 5.44. The number of esters is 2. The van der Waals surface area contributed by atoms with Crippen molar-refractivity contribution in [3.05, 3.63) is 65.7 Å². The molecule has 0 amide bonds. The Labute approximate surface area is 228 Å². The van der Waals surface area contributed by atoms with Crippen LogP contribution < -0.4 is 0 Å². The molecule has 0 bridgehead atoms. The molecule has 0 aliphatic carbocycles. The third-order valence-electron chi connectivity index (χ3n) is 6.86. The summed E-state index contributed by atoms with van der Waals surface area (Å²) in [6.07, 6.45) is -3.63. The number of methoxy groups -OCH3 is 2. The van der Waals surface area contributed by atoms with Crippen molar-refractivity contribution >= 4 is 21.8 Å². The number of fused-ring (bicyclic) bond motifs is 1. The van der Waals surface area contributed by atoms with E-state index in [2.05, 4.69) is 0 Å². The molecule has 2 saturated heterocycles. The first kappa shape index (κ1) is 29.2. The third kappa shape index (κ3) is 6.50. The van der Waals surface area contributed by atoms with E-state index in [4.69, 9.17) is 28.4 Å². The van der Waals surface area contributed by atoms with Gasteiger partial charge in [-0.1, -0.05) is 48.0 Å². The van der Waals surface area contributed by atoms with Gasteiger partial charge in [0.2, 0.25) is 0 Å². The summed E-state index contributed by atoms with van der Waals surface area (Å²) in [5, 5.41) is 0. The molecular formula is C28H34O10S. The second-order valence-corrected chi connectivity index (χ2v) is 12.1. The van der Waals surface area contributed by atoms with Crippen molar-refractivity contribution in [3.8, 4) is 0 Å². The summed E-state index contributed by atoms with van der Waals surface area (Å²) >= 11 is 0. The van der Waals surface area contributed by atoms with Crippen LogP contribution in [-0.2, 0) is 54.5 Å². The highest BCUT2D eigenvalue weighted by Gasteiger charge is 2.60. The second-order valence-electron chi connectivity index (χ2n) is 10.1. The van der Waals surface area contributed by atoms with Crippen LogP contribution in [0.2, 0.25) is 0 Å². The first-order chi connectivity index (χ1) is 18.5. The lowest BCUT2D eigenvalue weighted by molar-refractivity contribution is -0.228. The number of hydrogen-bond donors (Lipinski definition) is 0. The summed E-state index contributed by atoms with van der Waals surface area (Å²) < 4.78 is 61.5. The third-order valence-corrected chi connectivity index (χ3v) is 8.68. The van der Waals surface area contributed by atoms with Gasteiger partial charge in [-0.25, -0.2) is 8.42 Å². The molecule has 0 spiro atoms. The predicted molar refractivity (Wildman–Crippen MR) is 138 cm³/mol. The maximum absolute atomic E-state index is 13.6. The zero-order valence-corrected chi connectivity index (χ0v) is 23.4. The van der Waals surface area contributed by atoms with Crippen molar-refractivity contribution in [2.45, 2.75) is 62.7 Å². The molecular weight excluding hydrogens is 528 g/mol. The van der Waals surface area contributed by atoms with E-state index in [0.29, 0.717) is 0 Å². The highest BCUT2D eigenvalue weighted by molar-refractivity contribution is 7.91. The van der Waals surface area contributed by atoms with Crippen molar-refractivity contribution in [3.63, 3.8) is 0 Å². The number of rotatable bonds is 10. The van der Waals surface area contributed by atoms with Crippen molar-refractivity contribution in [2.24, 2.45) is 11.8 Å². The molecule has 0 N–H and O–H groups in total. The monoisotopic (exact) mass is 562 g/mol. The molecule has 212 valence electrons. The molecule has 10 nitrogen and oxygen atoms in total. The van der Waals surface area contributed by atoms with Crippen LogP contribution >= 0.6 is 0 Å². The number of hydrogen-bond acceptors (Lipinski definition) is 10. The van der Waals surface area contributed by atoms with Crippen LogP contribution in [0.3, 0.4) is 0 Å². The fourth-order valence-corrected chi connectivity index (χ4v) is 6.61. The van der Waals surface area contributed by atoms with E-state index in [1.54, 1.807) is 26.0 Å². The lowest BCUT2D eigenvalue weighted by Gasteiger charge is -2.33. The smallest absolute Gasteiger partial charge is 0.320 e. The number of benzene rings is 2. The standard InChI is InChI=1S/C28H34O10S/c1-17-11-13-19(14-12-17)39(31,32)16-20(21(25(29)33-4)26(30)34-5)22-23(35-15-18-9-7-6-8-10-18)24-27(36-22)38-28(2,3)37-24/h6-14,20-24,27H,15-16H2,1-5H3/t20-,22-,23-,24-,27-/m1/s1. The van der Waals surface area contributed by atoms with Gasteiger partial charge in [0, 0.05) is 5.92 Å². The van der Waals surface area contributed by atoms with Gasteiger partial charge < -0.3 is 28.4 Å². The first-order valence-electron chi connectivity index (χ1n) is 12.6. The molecule has 2 aromatic rings. The quantitative estimate of drug-likeness (QED) is 0.315. The van der Waals surface area contributed by atoms with Crippen molar-refractivity contribution in [1.82, 2.24) is 0 Å².